The van der Waals surface area contributed by atoms with Crippen LogP contribution in [0, 0.1) is 5.92 Å². The highest BCUT2D eigenvalue weighted by atomic mass is 79.9. The van der Waals surface area contributed by atoms with Crippen LogP contribution in [0.5, 0.6) is 0 Å². The van der Waals surface area contributed by atoms with Crippen molar-refractivity contribution in [1.82, 2.24) is 0 Å². The Labute approximate surface area is 115 Å². The molecule has 100 valence electrons. The van der Waals surface area contributed by atoms with Crippen molar-refractivity contribution in [1.29, 1.82) is 0 Å². The zero-order valence-corrected chi connectivity index (χ0v) is 11.8. The van der Waals surface area contributed by atoms with Crippen LogP contribution in [0.25, 0.3) is 0 Å². The Balaban J connectivity index is 1.93. The van der Waals surface area contributed by atoms with Crippen LogP contribution in [-0.2, 0) is 6.42 Å². The lowest BCUT2D eigenvalue weighted by atomic mass is 9.80. The highest BCUT2D eigenvalue weighted by Gasteiger charge is 2.36. The van der Waals surface area contributed by atoms with E-state index in [-0.39, 0.29) is 24.8 Å². The Morgan fingerprint density at radius 1 is 1.28 bits per heavy atom. The predicted molar refractivity (Wildman–Crippen MR) is 72.7 cm³/mol. The van der Waals surface area contributed by atoms with Crippen molar-refractivity contribution in [3.63, 3.8) is 0 Å². The van der Waals surface area contributed by atoms with E-state index in [0.29, 0.717) is 12.8 Å². The summed E-state index contributed by atoms with van der Waals surface area (Å²) in [5.74, 6) is -2.25. The first kappa shape index (κ1) is 13.9. The van der Waals surface area contributed by atoms with Gasteiger partial charge in [-0.15, -0.1) is 0 Å². The number of benzene rings is 1. The Hall–Kier alpha value is -0.480. The molecule has 0 amide bonds. The molecule has 1 atom stereocenters. The number of hydrogen-bond acceptors (Lipinski definition) is 1. The van der Waals surface area contributed by atoms with Gasteiger partial charge in [0.05, 0.1) is 0 Å². The normalized spacial score (nSPS) is 21.8. The van der Waals surface area contributed by atoms with Crippen molar-refractivity contribution < 1.29 is 8.78 Å². The van der Waals surface area contributed by atoms with Gasteiger partial charge >= 0.3 is 0 Å². The predicted octanol–water partition coefficient (Wildman–Crippen LogP) is 4.14. The van der Waals surface area contributed by atoms with E-state index in [9.17, 15) is 8.78 Å². The van der Waals surface area contributed by atoms with E-state index in [1.165, 1.54) is 0 Å². The maximum absolute atomic E-state index is 13.1. The lowest BCUT2D eigenvalue weighted by molar-refractivity contribution is -0.0481. The van der Waals surface area contributed by atoms with Crippen LogP contribution in [0.15, 0.2) is 28.7 Å². The van der Waals surface area contributed by atoms with E-state index >= 15 is 0 Å². The molecule has 0 radical (unpaired) electrons. The summed E-state index contributed by atoms with van der Waals surface area (Å²) in [6.07, 6.45) is 1.80. The largest absolute Gasteiger partial charge is 0.327 e. The molecule has 1 aliphatic carbocycles. The van der Waals surface area contributed by atoms with Gasteiger partial charge < -0.3 is 5.73 Å². The Morgan fingerprint density at radius 2 is 1.89 bits per heavy atom. The van der Waals surface area contributed by atoms with Crippen LogP contribution in [0.4, 0.5) is 8.78 Å². The molecule has 18 heavy (non-hydrogen) atoms. The first-order valence-electron chi connectivity index (χ1n) is 6.35. The van der Waals surface area contributed by atoms with E-state index in [0.717, 1.165) is 16.5 Å². The first-order valence-corrected chi connectivity index (χ1v) is 7.14. The zero-order valence-electron chi connectivity index (χ0n) is 10.2. The summed E-state index contributed by atoms with van der Waals surface area (Å²) < 4.78 is 27.2. The van der Waals surface area contributed by atoms with Crippen LogP contribution >= 0.6 is 15.9 Å². The van der Waals surface area contributed by atoms with E-state index < -0.39 is 5.92 Å². The van der Waals surface area contributed by atoms with Crippen molar-refractivity contribution in [2.45, 2.75) is 44.1 Å². The van der Waals surface area contributed by atoms with Gasteiger partial charge in [-0.25, -0.2) is 8.78 Å². The van der Waals surface area contributed by atoms with E-state index in [1.54, 1.807) is 0 Å². The summed E-state index contributed by atoms with van der Waals surface area (Å²) in [6.45, 7) is 0. The highest BCUT2D eigenvalue weighted by Crippen LogP contribution is 2.37. The topological polar surface area (TPSA) is 26.0 Å². The van der Waals surface area contributed by atoms with Crippen molar-refractivity contribution in [2.24, 2.45) is 11.7 Å². The molecule has 0 aromatic heterocycles. The minimum absolute atomic E-state index is 0.0126. The number of nitrogens with two attached hydrogens (primary N) is 1. The van der Waals surface area contributed by atoms with Gasteiger partial charge in [0.25, 0.3) is 0 Å². The molecule has 0 bridgehead atoms. The average Bonchev–Trinajstić information content (AvgIpc) is 2.32. The molecule has 2 N–H and O–H groups in total. The van der Waals surface area contributed by atoms with Gasteiger partial charge in [-0.05, 0) is 36.8 Å². The summed E-state index contributed by atoms with van der Waals surface area (Å²) in [6, 6.07) is 7.92. The van der Waals surface area contributed by atoms with Crippen LogP contribution in [0.3, 0.4) is 0 Å². The maximum Gasteiger partial charge on any atom is 0.248 e. The van der Waals surface area contributed by atoms with Crippen molar-refractivity contribution >= 4 is 15.9 Å². The maximum atomic E-state index is 13.1. The highest BCUT2D eigenvalue weighted by molar-refractivity contribution is 9.10. The zero-order chi connectivity index (χ0) is 13.2. The fraction of sp³-hybridized carbons (Fsp3) is 0.571. The minimum Gasteiger partial charge on any atom is -0.327 e. The van der Waals surface area contributed by atoms with Gasteiger partial charge in [-0.2, -0.15) is 0 Å². The molecule has 0 spiro atoms. The molecule has 0 heterocycles. The van der Waals surface area contributed by atoms with Crippen LogP contribution < -0.4 is 5.73 Å². The second-order valence-corrected chi connectivity index (χ2v) is 6.01. The second-order valence-electron chi connectivity index (χ2n) is 5.15. The van der Waals surface area contributed by atoms with Crippen molar-refractivity contribution in [2.75, 3.05) is 0 Å². The van der Waals surface area contributed by atoms with Gasteiger partial charge in [0.2, 0.25) is 5.92 Å². The second kappa shape index (κ2) is 5.66. The van der Waals surface area contributed by atoms with Gasteiger partial charge in [0.15, 0.2) is 0 Å². The molecule has 1 aromatic carbocycles. The monoisotopic (exact) mass is 317 g/mol. The number of halogens is 3. The van der Waals surface area contributed by atoms with Crippen LogP contribution in [0.2, 0.25) is 0 Å². The average molecular weight is 318 g/mol. The Morgan fingerprint density at radius 3 is 2.50 bits per heavy atom. The van der Waals surface area contributed by atoms with Crippen molar-refractivity contribution in [3.8, 4) is 0 Å². The van der Waals surface area contributed by atoms with Crippen LogP contribution in [0.1, 0.15) is 31.2 Å². The lowest BCUT2D eigenvalue weighted by Gasteiger charge is -2.32. The molecule has 1 saturated carbocycles. The molecular formula is C14H18BrF2N. The summed E-state index contributed by atoms with van der Waals surface area (Å²) in [5, 5.41) is 0. The van der Waals surface area contributed by atoms with E-state index in [1.807, 2.05) is 24.3 Å². The molecule has 1 unspecified atom stereocenters. The van der Waals surface area contributed by atoms with E-state index in [4.69, 9.17) is 5.73 Å². The molecule has 1 aliphatic rings. The molecule has 2 rings (SSSR count). The van der Waals surface area contributed by atoms with Gasteiger partial charge in [-0.1, -0.05) is 34.1 Å². The number of rotatable bonds is 3. The molecule has 4 heteroatoms. The summed E-state index contributed by atoms with van der Waals surface area (Å²) in [5.41, 5.74) is 7.33. The van der Waals surface area contributed by atoms with Gasteiger partial charge in [-0.3, -0.25) is 0 Å². The summed E-state index contributed by atoms with van der Waals surface area (Å²) >= 11 is 3.49. The minimum atomic E-state index is -2.47. The summed E-state index contributed by atoms with van der Waals surface area (Å²) in [7, 11) is 0. The Bertz CT molecular complexity index is 399. The third-order valence-corrected chi connectivity index (χ3v) is 4.55. The summed E-state index contributed by atoms with van der Waals surface area (Å²) in [4.78, 5) is 0. The standard InChI is InChI=1S/C14H18BrF2N/c15-12-4-2-1-3-11(12)9-13(18)10-5-7-14(16,17)8-6-10/h1-4,10,13H,5-9,18H2. The molecule has 1 nitrogen and oxygen atoms in total. The smallest absolute Gasteiger partial charge is 0.248 e. The molecule has 1 aromatic rings. The first-order chi connectivity index (χ1) is 8.48. The van der Waals surface area contributed by atoms with Crippen molar-refractivity contribution in [3.05, 3.63) is 34.3 Å². The fourth-order valence-corrected chi connectivity index (χ4v) is 3.02. The molecule has 0 saturated heterocycles. The Kier molecular flexibility index (Phi) is 4.38. The van der Waals surface area contributed by atoms with Gasteiger partial charge in [0.1, 0.15) is 0 Å². The van der Waals surface area contributed by atoms with E-state index in [2.05, 4.69) is 15.9 Å². The fourth-order valence-electron chi connectivity index (χ4n) is 2.58. The molecular weight excluding hydrogens is 300 g/mol. The third kappa shape index (κ3) is 3.51. The lowest BCUT2D eigenvalue weighted by Crippen LogP contribution is -2.37. The van der Waals surface area contributed by atoms with Gasteiger partial charge in [0, 0.05) is 23.4 Å². The SMILES string of the molecule is NC(Cc1ccccc1Br)C1CCC(F)(F)CC1. The number of alkyl halides is 2. The molecule has 1 fully saturated rings. The third-order valence-electron chi connectivity index (χ3n) is 3.78. The molecule has 0 aliphatic heterocycles. The number of hydrogen-bond donors (Lipinski definition) is 1. The quantitative estimate of drug-likeness (QED) is 0.890. The van der Waals surface area contributed by atoms with Crippen LogP contribution in [-0.4, -0.2) is 12.0 Å².